The van der Waals surface area contributed by atoms with Crippen LogP contribution in [0.2, 0.25) is 0 Å². The number of rotatable bonds is 2. The predicted molar refractivity (Wildman–Crippen MR) is 76.5 cm³/mol. The van der Waals surface area contributed by atoms with Crippen LogP contribution in [-0.2, 0) is 6.54 Å². The van der Waals surface area contributed by atoms with E-state index in [9.17, 15) is 0 Å². The van der Waals surface area contributed by atoms with Crippen molar-refractivity contribution >= 4 is 22.6 Å². The maximum Gasteiger partial charge on any atom is 0.0235 e. The molecule has 1 saturated heterocycles. The number of benzene rings is 1. The lowest BCUT2D eigenvalue weighted by atomic mass is 10.1. The third kappa shape index (κ3) is 3.43. The molecule has 1 fully saturated rings. The summed E-state index contributed by atoms with van der Waals surface area (Å²) in [5, 5.41) is 3.56. The van der Waals surface area contributed by atoms with E-state index in [-0.39, 0.29) is 0 Å². The molecule has 1 aromatic carbocycles. The van der Waals surface area contributed by atoms with Crippen LogP contribution in [0.15, 0.2) is 24.3 Å². The molecule has 16 heavy (non-hydrogen) atoms. The van der Waals surface area contributed by atoms with Gasteiger partial charge in [0.05, 0.1) is 0 Å². The molecule has 2 atom stereocenters. The van der Waals surface area contributed by atoms with Crippen molar-refractivity contribution in [1.29, 1.82) is 0 Å². The number of nitrogens with zero attached hydrogens (tertiary/aromatic N) is 1. The highest BCUT2D eigenvalue weighted by atomic mass is 127. The summed E-state index contributed by atoms with van der Waals surface area (Å²) in [7, 11) is 0. The van der Waals surface area contributed by atoms with Gasteiger partial charge in [0.2, 0.25) is 0 Å². The first-order valence-electron chi connectivity index (χ1n) is 5.86. The molecule has 1 N–H and O–H groups in total. The van der Waals surface area contributed by atoms with E-state index in [1.807, 2.05) is 0 Å². The van der Waals surface area contributed by atoms with Gasteiger partial charge in [-0.25, -0.2) is 0 Å². The van der Waals surface area contributed by atoms with E-state index in [1.54, 1.807) is 0 Å². The number of piperazine rings is 1. The van der Waals surface area contributed by atoms with Crippen LogP contribution >= 0.6 is 22.6 Å². The molecule has 0 aliphatic carbocycles. The highest BCUT2D eigenvalue weighted by Gasteiger charge is 2.20. The van der Waals surface area contributed by atoms with Crippen molar-refractivity contribution in [3.05, 3.63) is 33.4 Å². The molecular formula is C13H19IN2. The summed E-state index contributed by atoms with van der Waals surface area (Å²) in [5.41, 5.74) is 1.42. The van der Waals surface area contributed by atoms with Crippen LogP contribution in [0.1, 0.15) is 19.4 Å². The molecule has 0 saturated carbocycles. The van der Waals surface area contributed by atoms with Crippen LogP contribution in [0.25, 0.3) is 0 Å². The second kappa shape index (κ2) is 5.47. The van der Waals surface area contributed by atoms with Crippen molar-refractivity contribution in [3.63, 3.8) is 0 Å². The Kier molecular flexibility index (Phi) is 4.21. The molecule has 1 heterocycles. The number of nitrogens with one attached hydrogen (secondary N) is 1. The SMILES string of the molecule is CC1CN(Cc2ccc(I)cc2)CC(C)N1. The Bertz CT molecular complexity index is 326. The van der Waals surface area contributed by atoms with Gasteiger partial charge in [0, 0.05) is 35.3 Å². The Morgan fingerprint density at radius 1 is 1.19 bits per heavy atom. The van der Waals surface area contributed by atoms with Crippen LogP contribution < -0.4 is 5.32 Å². The fourth-order valence-electron chi connectivity index (χ4n) is 2.42. The first kappa shape index (κ1) is 12.3. The van der Waals surface area contributed by atoms with Gasteiger partial charge in [0.1, 0.15) is 0 Å². The van der Waals surface area contributed by atoms with Gasteiger partial charge < -0.3 is 5.32 Å². The minimum Gasteiger partial charge on any atom is -0.309 e. The predicted octanol–water partition coefficient (Wildman–Crippen LogP) is 2.47. The molecule has 88 valence electrons. The van der Waals surface area contributed by atoms with Gasteiger partial charge in [-0.3, -0.25) is 4.90 Å². The van der Waals surface area contributed by atoms with Gasteiger partial charge in [0.25, 0.3) is 0 Å². The number of hydrogen-bond donors (Lipinski definition) is 1. The molecule has 0 radical (unpaired) electrons. The van der Waals surface area contributed by atoms with Crippen molar-refractivity contribution in [2.75, 3.05) is 13.1 Å². The summed E-state index contributed by atoms with van der Waals surface area (Å²) in [4.78, 5) is 2.54. The second-order valence-corrected chi connectivity index (χ2v) is 6.03. The first-order chi connectivity index (χ1) is 7.63. The molecule has 1 aliphatic heterocycles. The Labute approximate surface area is 112 Å². The second-order valence-electron chi connectivity index (χ2n) is 4.79. The standard InChI is InChI=1S/C13H19IN2/c1-10-7-16(8-11(2)15-10)9-12-3-5-13(14)6-4-12/h3-6,10-11,15H,7-9H2,1-2H3. The molecule has 2 rings (SSSR count). The van der Waals surface area contributed by atoms with Gasteiger partial charge in [-0.05, 0) is 54.1 Å². The van der Waals surface area contributed by atoms with Crippen molar-refractivity contribution in [2.24, 2.45) is 0 Å². The van der Waals surface area contributed by atoms with Crippen LogP contribution in [0.4, 0.5) is 0 Å². The van der Waals surface area contributed by atoms with E-state index >= 15 is 0 Å². The van der Waals surface area contributed by atoms with E-state index in [1.165, 1.54) is 9.13 Å². The van der Waals surface area contributed by atoms with Crippen molar-refractivity contribution < 1.29 is 0 Å². The summed E-state index contributed by atoms with van der Waals surface area (Å²) in [6.45, 7) is 7.90. The van der Waals surface area contributed by atoms with E-state index < -0.39 is 0 Å². The van der Waals surface area contributed by atoms with E-state index in [0.717, 1.165) is 19.6 Å². The molecule has 2 nitrogen and oxygen atoms in total. The third-order valence-electron chi connectivity index (χ3n) is 2.95. The zero-order valence-corrected chi connectivity index (χ0v) is 12.1. The Hall–Kier alpha value is -0.130. The average Bonchev–Trinajstić information content (AvgIpc) is 2.20. The summed E-state index contributed by atoms with van der Waals surface area (Å²) in [5.74, 6) is 0. The van der Waals surface area contributed by atoms with Crippen LogP contribution in [0.3, 0.4) is 0 Å². The number of hydrogen-bond acceptors (Lipinski definition) is 2. The molecule has 0 spiro atoms. The lowest BCUT2D eigenvalue weighted by Crippen LogP contribution is -2.53. The Morgan fingerprint density at radius 3 is 2.31 bits per heavy atom. The third-order valence-corrected chi connectivity index (χ3v) is 3.67. The van der Waals surface area contributed by atoms with Crippen LogP contribution in [-0.4, -0.2) is 30.1 Å². The average molecular weight is 330 g/mol. The molecule has 0 bridgehead atoms. The van der Waals surface area contributed by atoms with Gasteiger partial charge in [-0.2, -0.15) is 0 Å². The lowest BCUT2D eigenvalue weighted by Gasteiger charge is -2.36. The van der Waals surface area contributed by atoms with Gasteiger partial charge in [-0.15, -0.1) is 0 Å². The fraction of sp³-hybridized carbons (Fsp3) is 0.538. The summed E-state index contributed by atoms with van der Waals surface area (Å²) in [6.07, 6.45) is 0. The minimum absolute atomic E-state index is 0.604. The molecule has 1 aliphatic rings. The largest absolute Gasteiger partial charge is 0.309 e. The van der Waals surface area contributed by atoms with Gasteiger partial charge in [-0.1, -0.05) is 12.1 Å². The molecule has 1 aromatic rings. The monoisotopic (exact) mass is 330 g/mol. The summed E-state index contributed by atoms with van der Waals surface area (Å²) >= 11 is 2.35. The summed E-state index contributed by atoms with van der Waals surface area (Å²) < 4.78 is 1.31. The summed E-state index contributed by atoms with van der Waals surface area (Å²) in [6, 6.07) is 10.0. The molecular weight excluding hydrogens is 311 g/mol. The smallest absolute Gasteiger partial charge is 0.0235 e. The van der Waals surface area contributed by atoms with E-state index in [4.69, 9.17) is 0 Å². The molecule has 2 unspecified atom stereocenters. The maximum atomic E-state index is 3.56. The Morgan fingerprint density at radius 2 is 1.75 bits per heavy atom. The lowest BCUT2D eigenvalue weighted by molar-refractivity contribution is 0.166. The molecule has 3 heteroatoms. The maximum absolute atomic E-state index is 3.56. The highest BCUT2D eigenvalue weighted by Crippen LogP contribution is 2.12. The van der Waals surface area contributed by atoms with Gasteiger partial charge >= 0.3 is 0 Å². The van der Waals surface area contributed by atoms with Crippen molar-refractivity contribution in [3.8, 4) is 0 Å². The molecule has 0 aromatic heterocycles. The van der Waals surface area contributed by atoms with Crippen molar-refractivity contribution in [2.45, 2.75) is 32.5 Å². The highest BCUT2D eigenvalue weighted by molar-refractivity contribution is 14.1. The molecule has 0 amide bonds. The zero-order chi connectivity index (χ0) is 11.5. The van der Waals surface area contributed by atoms with E-state index in [0.29, 0.717) is 12.1 Å². The van der Waals surface area contributed by atoms with Crippen molar-refractivity contribution in [1.82, 2.24) is 10.2 Å². The minimum atomic E-state index is 0.604. The van der Waals surface area contributed by atoms with Crippen LogP contribution in [0, 0.1) is 3.57 Å². The normalized spacial score (nSPS) is 26.9. The van der Waals surface area contributed by atoms with Crippen LogP contribution in [0.5, 0.6) is 0 Å². The zero-order valence-electron chi connectivity index (χ0n) is 9.91. The van der Waals surface area contributed by atoms with Gasteiger partial charge in [0.15, 0.2) is 0 Å². The first-order valence-corrected chi connectivity index (χ1v) is 6.94. The van der Waals surface area contributed by atoms with E-state index in [2.05, 4.69) is 70.9 Å². The number of halogens is 1. The topological polar surface area (TPSA) is 15.3 Å². The Balaban J connectivity index is 1.96. The quantitative estimate of drug-likeness (QED) is 0.838. The fourth-order valence-corrected chi connectivity index (χ4v) is 2.78.